The molecule has 0 spiro atoms. The Bertz CT molecular complexity index is 694. The van der Waals surface area contributed by atoms with Crippen LogP contribution in [0.25, 0.3) is 0 Å². The van der Waals surface area contributed by atoms with Crippen molar-refractivity contribution in [3.63, 3.8) is 0 Å². The third-order valence-electron chi connectivity index (χ3n) is 5.56. The molecule has 0 saturated carbocycles. The van der Waals surface area contributed by atoms with Crippen LogP contribution in [-0.4, -0.2) is 92.1 Å². The molecular formula is C20H27N3O4. The van der Waals surface area contributed by atoms with Gasteiger partial charge < -0.3 is 19.3 Å². The topological polar surface area (TPSA) is 62.3 Å². The highest BCUT2D eigenvalue weighted by Crippen LogP contribution is 2.26. The molecule has 3 aliphatic rings. The van der Waals surface area contributed by atoms with Gasteiger partial charge in [0.2, 0.25) is 11.8 Å². The average Bonchev–Trinajstić information content (AvgIpc) is 3.16. The lowest BCUT2D eigenvalue weighted by Gasteiger charge is -2.36. The Kier molecular flexibility index (Phi) is 5.59. The summed E-state index contributed by atoms with van der Waals surface area (Å²) in [7, 11) is 0. The van der Waals surface area contributed by atoms with Crippen LogP contribution in [-0.2, 0) is 27.2 Å². The fraction of sp³-hybridized carbons (Fsp3) is 0.600. The summed E-state index contributed by atoms with van der Waals surface area (Å²) in [6, 6.07) is 6.03. The van der Waals surface area contributed by atoms with Crippen molar-refractivity contribution in [1.82, 2.24) is 14.7 Å². The van der Waals surface area contributed by atoms with Gasteiger partial charge in [-0.15, -0.1) is 0 Å². The molecule has 27 heavy (non-hydrogen) atoms. The first-order valence-electron chi connectivity index (χ1n) is 9.79. The standard InChI is InChI=1S/C20H27N3O4/c24-19(14-16-1-2-18-17(13-16)3-10-27-18)22-4-6-23(7-5-22)20(25)15-21-8-11-26-12-9-21/h1-2,13H,3-12,14-15H2. The van der Waals surface area contributed by atoms with Gasteiger partial charge in [-0.25, -0.2) is 0 Å². The molecular weight excluding hydrogens is 346 g/mol. The summed E-state index contributed by atoms with van der Waals surface area (Å²) >= 11 is 0. The van der Waals surface area contributed by atoms with Crippen molar-refractivity contribution in [2.75, 3.05) is 65.6 Å². The van der Waals surface area contributed by atoms with Crippen LogP contribution in [0.1, 0.15) is 11.1 Å². The predicted octanol–water partition coefficient (Wildman–Crippen LogP) is 0.167. The number of hydrogen-bond donors (Lipinski definition) is 0. The Hall–Kier alpha value is -2.12. The molecule has 0 radical (unpaired) electrons. The van der Waals surface area contributed by atoms with Crippen LogP contribution in [0.2, 0.25) is 0 Å². The molecule has 3 heterocycles. The zero-order valence-electron chi connectivity index (χ0n) is 15.7. The van der Waals surface area contributed by atoms with E-state index in [1.807, 2.05) is 21.9 Å². The van der Waals surface area contributed by atoms with Crippen molar-refractivity contribution in [2.45, 2.75) is 12.8 Å². The molecule has 4 rings (SSSR count). The summed E-state index contributed by atoms with van der Waals surface area (Å²) in [4.78, 5) is 31.0. The molecule has 146 valence electrons. The molecule has 0 unspecified atom stereocenters. The van der Waals surface area contributed by atoms with Crippen molar-refractivity contribution in [3.05, 3.63) is 29.3 Å². The fourth-order valence-electron chi connectivity index (χ4n) is 3.89. The Morgan fingerprint density at radius 3 is 2.33 bits per heavy atom. The maximum Gasteiger partial charge on any atom is 0.236 e. The molecule has 2 fully saturated rings. The minimum absolute atomic E-state index is 0.133. The molecule has 0 aromatic heterocycles. The molecule has 1 aromatic carbocycles. The van der Waals surface area contributed by atoms with E-state index in [9.17, 15) is 9.59 Å². The summed E-state index contributed by atoms with van der Waals surface area (Å²) in [5, 5.41) is 0. The van der Waals surface area contributed by atoms with E-state index in [0.717, 1.165) is 37.4 Å². The van der Waals surface area contributed by atoms with E-state index in [4.69, 9.17) is 9.47 Å². The molecule has 0 atom stereocenters. The van der Waals surface area contributed by atoms with Crippen molar-refractivity contribution >= 4 is 11.8 Å². The van der Waals surface area contributed by atoms with Crippen molar-refractivity contribution in [1.29, 1.82) is 0 Å². The van der Waals surface area contributed by atoms with Crippen molar-refractivity contribution in [3.8, 4) is 5.75 Å². The Morgan fingerprint density at radius 2 is 1.59 bits per heavy atom. The number of ether oxygens (including phenoxy) is 2. The van der Waals surface area contributed by atoms with Crippen LogP contribution < -0.4 is 4.74 Å². The van der Waals surface area contributed by atoms with Crippen LogP contribution in [0.5, 0.6) is 5.75 Å². The average molecular weight is 373 g/mol. The van der Waals surface area contributed by atoms with Gasteiger partial charge in [0.15, 0.2) is 0 Å². The number of piperazine rings is 1. The van der Waals surface area contributed by atoms with Gasteiger partial charge in [-0.05, 0) is 17.2 Å². The number of fused-ring (bicyclic) bond motifs is 1. The quantitative estimate of drug-likeness (QED) is 0.753. The van der Waals surface area contributed by atoms with E-state index in [1.165, 1.54) is 5.56 Å². The van der Waals surface area contributed by atoms with Crippen molar-refractivity contribution in [2.24, 2.45) is 0 Å². The van der Waals surface area contributed by atoms with Crippen LogP contribution >= 0.6 is 0 Å². The van der Waals surface area contributed by atoms with Crippen LogP contribution in [0.3, 0.4) is 0 Å². The largest absolute Gasteiger partial charge is 0.493 e. The first-order valence-corrected chi connectivity index (χ1v) is 9.79. The van der Waals surface area contributed by atoms with Gasteiger partial charge >= 0.3 is 0 Å². The Labute approximate surface area is 159 Å². The maximum atomic E-state index is 12.6. The van der Waals surface area contributed by atoms with E-state index >= 15 is 0 Å². The SMILES string of the molecule is O=C(Cc1ccc2c(c1)CCO2)N1CCN(C(=O)CN2CCOCC2)CC1. The van der Waals surface area contributed by atoms with Gasteiger partial charge in [-0.3, -0.25) is 14.5 Å². The van der Waals surface area contributed by atoms with E-state index in [1.54, 1.807) is 0 Å². The molecule has 1 aromatic rings. The first-order chi connectivity index (χ1) is 13.2. The van der Waals surface area contributed by atoms with E-state index in [-0.39, 0.29) is 11.8 Å². The molecule has 3 aliphatic heterocycles. The number of carbonyl (C=O) groups is 2. The number of rotatable bonds is 4. The smallest absolute Gasteiger partial charge is 0.236 e. The zero-order valence-corrected chi connectivity index (χ0v) is 15.7. The third-order valence-corrected chi connectivity index (χ3v) is 5.56. The third kappa shape index (κ3) is 4.42. The van der Waals surface area contributed by atoms with Crippen LogP contribution in [0.15, 0.2) is 18.2 Å². The van der Waals surface area contributed by atoms with Gasteiger partial charge in [0, 0.05) is 45.7 Å². The lowest BCUT2D eigenvalue weighted by atomic mass is 10.1. The van der Waals surface area contributed by atoms with Gasteiger partial charge in [0.1, 0.15) is 5.75 Å². The second-order valence-corrected chi connectivity index (χ2v) is 7.37. The summed E-state index contributed by atoms with van der Waals surface area (Å²) < 4.78 is 10.8. The zero-order chi connectivity index (χ0) is 18.6. The van der Waals surface area contributed by atoms with Gasteiger partial charge in [0.25, 0.3) is 0 Å². The van der Waals surface area contributed by atoms with E-state index < -0.39 is 0 Å². The monoisotopic (exact) mass is 373 g/mol. The van der Waals surface area contributed by atoms with Gasteiger partial charge in [0.05, 0.1) is 32.8 Å². The highest BCUT2D eigenvalue weighted by atomic mass is 16.5. The number of morpholine rings is 1. The lowest BCUT2D eigenvalue weighted by Crippen LogP contribution is -2.53. The molecule has 7 heteroatoms. The minimum Gasteiger partial charge on any atom is -0.493 e. The lowest BCUT2D eigenvalue weighted by molar-refractivity contribution is -0.140. The first kappa shape index (κ1) is 18.3. The highest BCUT2D eigenvalue weighted by molar-refractivity contribution is 5.81. The molecule has 2 amide bonds. The summed E-state index contributed by atoms with van der Waals surface area (Å²) in [6.07, 6.45) is 1.33. The number of benzene rings is 1. The summed E-state index contributed by atoms with van der Waals surface area (Å²) in [6.45, 7) is 6.67. The summed E-state index contributed by atoms with van der Waals surface area (Å²) in [5.41, 5.74) is 2.23. The number of carbonyl (C=O) groups excluding carboxylic acids is 2. The Balaban J connectivity index is 1.24. The second kappa shape index (κ2) is 8.27. The molecule has 0 aliphatic carbocycles. The second-order valence-electron chi connectivity index (χ2n) is 7.37. The molecule has 2 saturated heterocycles. The number of amides is 2. The molecule has 7 nitrogen and oxygen atoms in total. The molecule has 0 N–H and O–H groups in total. The number of hydrogen-bond acceptors (Lipinski definition) is 5. The van der Waals surface area contributed by atoms with Crippen molar-refractivity contribution < 1.29 is 19.1 Å². The van der Waals surface area contributed by atoms with E-state index in [2.05, 4.69) is 11.0 Å². The highest BCUT2D eigenvalue weighted by Gasteiger charge is 2.26. The number of nitrogens with zero attached hydrogens (tertiary/aromatic N) is 3. The predicted molar refractivity (Wildman–Crippen MR) is 99.8 cm³/mol. The maximum absolute atomic E-state index is 12.6. The van der Waals surface area contributed by atoms with Crippen LogP contribution in [0, 0.1) is 0 Å². The van der Waals surface area contributed by atoms with E-state index in [0.29, 0.717) is 52.4 Å². The minimum atomic E-state index is 0.133. The van der Waals surface area contributed by atoms with Gasteiger partial charge in [-0.2, -0.15) is 0 Å². The van der Waals surface area contributed by atoms with Crippen LogP contribution in [0.4, 0.5) is 0 Å². The molecule has 0 bridgehead atoms. The normalized spacial score (nSPS) is 20.3. The summed E-state index contributed by atoms with van der Waals surface area (Å²) in [5.74, 6) is 1.23. The fourth-order valence-corrected chi connectivity index (χ4v) is 3.89. The Morgan fingerprint density at radius 1 is 0.889 bits per heavy atom. The van der Waals surface area contributed by atoms with Gasteiger partial charge in [-0.1, -0.05) is 12.1 Å².